The van der Waals surface area contributed by atoms with Crippen LogP contribution in [0.3, 0.4) is 0 Å². The number of rotatable bonds is 2. The number of nitrogens with zero attached hydrogens (tertiary/aromatic N) is 5. The van der Waals surface area contributed by atoms with Gasteiger partial charge in [0.15, 0.2) is 0 Å². The van der Waals surface area contributed by atoms with Crippen LogP contribution in [-0.2, 0) is 10.8 Å². The summed E-state index contributed by atoms with van der Waals surface area (Å²) in [5.74, 6) is 0.576. The van der Waals surface area contributed by atoms with Gasteiger partial charge in [0.2, 0.25) is 5.82 Å². The molecule has 0 N–H and O–H groups in total. The molecule has 0 unspecified atom stereocenters. The van der Waals surface area contributed by atoms with Crippen LogP contribution in [0.2, 0.25) is 0 Å². The first-order chi connectivity index (χ1) is 12.4. The Hall–Kier alpha value is -2.69. The Kier molecular flexibility index (Phi) is 3.83. The number of aromatic nitrogens is 5. The summed E-state index contributed by atoms with van der Waals surface area (Å²) in [6, 6.07) is 11.6. The normalized spacial score (nSPS) is 17.5. The van der Waals surface area contributed by atoms with Crippen LogP contribution in [0.15, 0.2) is 42.6 Å². The molecule has 132 valence electrons. The fourth-order valence-corrected chi connectivity index (χ4v) is 3.44. The van der Waals surface area contributed by atoms with Gasteiger partial charge in [-0.1, -0.05) is 39.8 Å². The Morgan fingerprint density at radius 2 is 1.38 bits per heavy atom. The van der Waals surface area contributed by atoms with Gasteiger partial charge in [-0.3, -0.25) is 4.98 Å². The van der Waals surface area contributed by atoms with E-state index in [9.17, 15) is 0 Å². The summed E-state index contributed by atoms with van der Waals surface area (Å²) in [7, 11) is 0. The van der Waals surface area contributed by atoms with E-state index in [1.807, 2.05) is 36.4 Å². The summed E-state index contributed by atoms with van der Waals surface area (Å²) < 4.78 is 0. The molecule has 0 saturated heterocycles. The van der Waals surface area contributed by atoms with Gasteiger partial charge in [0.1, 0.15) is 5.69 Å². The minimum atomic E-state index is -0.00581. The standard InChI is InChI=1S/C21H23N5/c1-20(2)11-12-21(3,4)18-17(20)24-19(26-25-18)16-10-7-9-15(23-16)14-8-5-6-13-22-14/h5-10,13H,11-12H2,1-4H3. The van der Waals surface area contributed by atoms with E-state index in [1.165, 1.54) is 0 Å². The molecule has 1 aliphatic rings. The van der Waals surface area contributed by atoms with Crippen molar-refractivity contribution in [3.05, 3.63) is 54.0 Å². The van der Waals surface area contributed by atoms with Crippen LogP contribution in [0.5, 0.6) is 0 Å². The van der Waals surface area contributed by atoms with Gasteiger partial charge in [-0.2, -0.15) is 5.10 Å². The average molecular weight is 345 g/mol. The van der Waals surface area contributed by atoms with E-state index >= 15 is 0 Å². The lowest BCUT2D eigenvalue weighted by atomic mass is 9.67. The third-order valence-electron chi connectivity index (χ3n) is 5.25. The first-order valence-corrected chi connectivity index (χ1v) is 9.01. The summed E-state index contributed by atoms with van der Waals surface area (Å²) in [5, 5.41) is 8.99. The second kappa shape index (κ2) is 5.94. The Bertz CT molecular complexity index is 948. The van der Waals surface area contributed by atoms with Gasteiger partial charge in [-0.05, 0) is 37.1 Å². The smallest absolute Gasteiger partial charge is 0.200 e. The molecule has 4 rings (SSSR count). The van der Waals surface area contributed by atoms with Crippen LogP contribution in [0.1, 0.15) is 51.9 Å². The molecule has 0 bridgehead atoms. The van der Waals surface area contributed by atoms with Crippen molar-refractivity contribution in [3.8, 4) is 22.9 Å². The second-order valence-electron chi connectivity index (χ2n) is 8.22. The quantitative estimate of drug-likeness (QED) is 0.691. The third-order valence-corrected chi connectivity index (χ3v) is 5.25. The molecule has 0 radical (unpaired) electrons. The highest BCUT2D eigenvalue weighted by Crippen LogP contribution is 2.43. The molecule has 3 aromatic heterocycles. The highest BCUT2D eigenvalue weighted by Gasteiger charge is 2.40. The average Bonchev–Trinajstić information content (AvgIpc) is 2.66. The van der Waals surface area contributed by atoms with E-state index in [-0.39, 0.29) is 10.8 Å². The predicted octanol–water partition coefficient (Wildman–Crippen LogP) is 4.34. The zero-order chi connectivity index (χ0) is 18.4. The molecule has 1 aliphatic carbocycles. The van der Waals surface area contributed by atoms with Crippen LogP contribution in [-0.4, -0.2) is 25.1 Å². The molecule has 0 fully saturated rings. The summed E-state index contributed by atoms with van der Waals surface area (Å²) >= 11 is 0. The first kappa shape index (κ1) is 16.8. The van der Waals surface area contributed by atoms with E-state index < -0.39 is 0 Å². The van der Waals surface area contributed by atoms with Gasteiger partial charge in [0, 0.05) is 17.0 Å². The fourth-order valence-electron chi connectivity index (χ4n) is 3.44. The molecule has 0 atom stereocenters. The lowest BCUT2D eigenvalue weighted by molar-refractivity contribution is 0.311. The van der Waals surface area contributed by atoms with Crippen molar-refractivity contribution in [2.45, 2.75) is 51.4 Å². The Labute approximate surface area is 154 Å². The zero-order valence-corrected chi connectivity index (χ0v) is 15.7. The van der Waals surface area contributed by atoms with Crippen molar-refractivity contribution >= 4 is 0 Å². The lowest BCUT2D eigenvalue weighted by Gasteiger charge is -2.39. The van der Waals surface area contributed by atoms with E-state index in [2.05, 4.69) is 42.9 Å². The minimum Gasteiger partial charge on any atom is -0.255 e. The molecule has 0 amide bonds. The first-order valence-electron chi connectivity index (χ1n) is 9.01. The van der Waals surface area contributed by atoms with Gasteiger partial charge in [0.05, 0.1) is 22.8 Å². The molecule has 5 nitrogen and oxygen atoms in total. The molecule has 5 heteroatoms. The van der Waals surface area contributed by atoms with Crippen molar-refractivity contribution in [2.24, 2.45) is 0 Å². The van der Waals surface area contributed by atoms with Crippen LogP contribution in [0.4, 0.5) is 0 Å². The zero-order valence-electron chi connectivity index (χ0n) is 15.7. The lowest BCUT2D eigenvalue weighted by Crippen LogP contribution is -2.36. The SMILES string of the molecule is CC1(C)CCC(C)(C)c2nc(-c3cccc(-c4ccccn4)n3)nnc21. The molecule has 0 aromatic carbocycles. The molecule has 26 heavy (non-hydrogen) atoms. The summed E-state index contributed by atoms with van der Waals surface area (Å²) in [6.45, 7) is 8.91. The molecule has 0 aliphatic heterocycles. The van der Waals surface area contributed by atoms with Crippen molar-refractivity contribution in [2.75, 3.05) is 0 Å². The van der Waals surface area contributed by atoms with Crippen molar-refractivity contribution in [3.63, 3.8) is 0 Å². The van der Waals surface area contributed by atoms with Gasteiger partial charge in [0.25, 0.3) is 0 Å². The Balaban J connectivity index is 1.81. The van der Waals surface area contributed by atoms with E-state index in [0.717, 1.165) is 41.3 Å². The maximum Gasteiger partial charge on any atom is 0.200 e. The number of pyridine rings is 2. The highest BCUT2D eigenvalue weighted by atomic mass is 15.2. The molecular formula is C21H23N5. The van der Waals surface area contributed by atoms with Crippen LogP contribution < -0.4 is 0 Å². The van der Waals surface area contributed by atoms with Gasteiger partial charge >= 0.3 is 0 Å². The molecule has 0 spiro atoms. The molecule has 0 saturated carbocycles. The number of hydrogen-bond acceptors (Lipinski definition) is 5. The van der Waals surface area contributed by atoms with E-state index in [4.69, 9.17) is 9.97 Å². The summed E-state index contributed by atoms with van der Waals surface area (Å²) in [4.78, 5) is 14.0. The van der Waals surface area contributed by atoms with Gasteiger partial charge < -0.3 is 0 Å². The maximum absolute atomic E-state index is 4.91. The maximum atomic E-state index is 4.91. The molecule has 3 aromatic rings. The second-order valence-corrected chi connectivity index (χ2v) is 8.22. The van der Waals surface area contributed by atoms with E-state index in [0.29, 0.717) is 5.82 Å². The minimum absolute atomic E-state index is 0.00581. The van der Waals surface area contributed by atoms with Gasteiger partial charge in [-0.25, -0.2) is 9.97 Å². The van der Waals surface area contributed by atoms with Crippen molar-refractivity contribution < 1.29 is 0 Å². The number of fused-ring (bicyclic) bond motifs is 1. The van der Waals surface area contributed by atoms with Crippen molar-refractivity contribution in [1.29, 1.82) is 0 Å². The summed E-state index contributed by atoms with van der Waals surface area (Å²) in [5.41, 5.74) is 4.43. The van der Waals surface area contributed by atoms with Crippen LogP contribution >= 0.6 is 0 Å². The van der Waals surface area contributed by atoms with E-state index in [1.54, 1.807) is 6.20 Å². The highest BCUT2D eigenvalue weighted by molar-refractivity contribution is 5.59. The largest absolute Gasteiger partial charge is 0.255 e. The molecular weight excluding hydrogens is 322 g/mol. The summed E-state index contributed by atoms with van der Waals surface area (Å²) in [6.07, 6.45) is 3.95. The predicted molar refractivity (Wildman–Crippen MR) is 102 cm³/mol. The number of hydrogen-bond donors (Lipinski definition) is 0. The van der Waals surface area contributed by atoms with Gasteiger partial charge in [-0.15, -0.1) is 5.10 Å². The van der Waals surface area contributed by atoms with Crippen LogP contribution in [0.25, 0.3) is 22.9 Å². The van der Waals surface area contributed by atoms with Crippen molar-refractivity contribution in [1.82, 2.24) is 25.1 Å². The Morgan fingerprint density at radius 1 is 0.692 bits per heavy atom. The third kappa shape index (κ3) is 2.87. The van der Waals surface area contributed by atoms with Crippen LogP contribution in [0, 0.1) is 0 Å². The monoisotopic (exact) mass is 345 g/mol. The fraction of sp³-hybridized carbons (Fsp3) is 0.381. The molecule has 3 heterocycles. The topological polar surface area (TPSA) is 64.5 Å². The Morgan fingerprint density at radius 3 is 2.12 bits per heavy atom.